The van der Waals surface area contributed by atoms with Crippen LogP contribution in [0.2, 0.25) is 5.02 Å². The number of anilines is 1. The van der Waals surface area contributed by atoms with E-state index in [0.29, 0.717) is 22.8 Å². The fourth-order valence-electron chi connectivity index (χ4n) is 3.40. The lowest BCUT2D eigenvalue weighted by Gasteiger charge is -2.32. The normalized spacial score (nSPS) is 12.2. The first-order valence-corrected chi connectivity index (χ1v) is 14.0. The van der Waals surface area contributed by atoms with Crippen molar-refractivity contribution in [3.05, 3.63) is 63.1 Å². The van der Waals surface area contributed by atoms with Gasteiger partial charge < -0.3 is 10.2 Å². The van der Waals surface area contributed by atoms with Gasteiger partial charge in [-0.25, -0.2) is 8.42 Å². The second kappa shape index (κ2) is 12.6. The molecule has 2 aromatic rings. The van der Waals surface area contributed by atoms with Crippen molar-refractivity contribution in [2.24, 2.45) is 0 Å². The van der Waals surface area contributed by atoms with Crippen LogP contribution in [0.25, 0.3) is 0 Å². The van der Waals surface area contributed by atoms with Gasteiger partial charge in [-0.3, -0.25) is 13.9 Å². The van der Waals surface area contributed by atoms with Gasteiger partial charge in [0.05, 0.1) is 11.9 Å². The minimum absolute atomic E-state index is 0.158. The maximum Gasteiger partial charge on any atom is 0.244 e. The molecule has 0 aromatic heterocycles. The van der Waals surface area contributed by atoms with Gasteiger partial charge in [0.25, 0.3) is 0 Å². The second-order valence-corrected chi connectivity index (χ2v) is 11.4. The SMILES string of the molecule is CCCCNC(=O)[C@H](C)N(Cc1ccc(Br)cc1)C(=O)CN(c1ccc(Cl)cc1C)S(C)(=O)=O. The molecule has 0 aliphatic heterocycles. The Bertz CT molecular complexity index is 1110. The number of halogens is 2. The summed E-state index contributed by atoms with van der Waals surface area (Å²) in [6, 6.07) is 11.4. The number of carbonyl (C=O) groups excluding carboxylic acids is 2. The first-order chi connectivity index (χ1) is 15.9. The van der Waals surface area contributed by atoms with Gasteiger partial charge in [0.1, 0.15) is 12.6 Å². The molecule has 0 spiro atoms. The van der Waals surface area contributed by atoms with E-state index in [1.54, 1.807) is 32.0 Å². The molecule has 34 heavy (non-hydrogen) atoms. The van der Waals surface area contributed by atoms with E-state index in [4.69, 9.17) is 11.6 Å². The Morgan fingerprint density at radius 1 is 1.15 bits per heavy atom. The van der Waals surface area contributed by atoms with Crippen molar-refractivity contribution in [1.29, 1.82) is 0 Å². The Hall–Kier alpha value is -2.10. The number of nitrogens with one attached hydrogen (secondary N) is 1. The molecule has 0 bridgehead atoms. The van der Waals surface area contributed by atoms with Gasteiger partial charge in [-0.05, 0) is 61.7 Å². The van der Waals surface area contributed by atoms with Crippen molar-refractivity contribution < 1.29 is 18.0 Å². The predicted molar refractivity (Wildman–Crippen MR) is 140 cm³/mol. The van der Waals surface area contributed by atoms with E-state index in [1.165, 1.54) is 4.90 Å². The van der Waals surface area contributed by atoms with Crippen LogP contribution in [-0.4, -0.2) is 50.5 Å². The van der Waals surface area contributed by atoms with Crippen LogP contribution < -0.4 is 9.62 Å². The smallest absolute Gasteiger partial charge is 0.244 e. The quantitative estimate of drug-likeness (QED) is 0.402. The molecule has 0 unspecified atom stereocenters. The largest absolute Gasteiger partial charge is 0.354 e. The number of rotatable bonds is 11. The molecule has 0 radical (unpaired) electrons. The summed E-state index contributed by atoms with van der Waals surface area (Å²) < 4.78 is 27.2. The topological polar surface area (TPSA) is 86.8 Å². The Kier molecular flexibility index (Phi) is 10.4. The molecule has 2 amide bonds. The minimum Gasteiger partial charge on any atom is -0.354 e. The van der Waals surface area contributed by atoms with Crippen molar-refractivity contribution in [1.82, 2.24) is 10.2 Å². The summed E-state index contributed by atoms with van der Waals surface area (Å²) in [5.74, 6) is -0.770. The van der Waals surface area contributed by atoms with Gasteiger partial charge >= 0.3 is 0 Å². The van der Waals surface area contributed by atoms with E-state index in [2.05, 4.69) is 21.2 Å². The first-order valence-electron chi connectivity index (χ1n) is 11.0. The molecule has 2 rings (SSSR count). The third kappa shape index (κ3) is 7.99. The number of benzene rings is 2. The third-order valence-electron chi connectivity index (χ3n) is 5.37. The fourth-order valence-corrected chi connectivity index (χ4v) is 4.80. The molecule has 10 heteroatoms. The molecule has 7 nitrogen and oxygen atoms in total. The van der Waals surface area contributed by atoms with Crippen molar-refractivity contribution in [2.45, 2.75) is 46.2 Å². The molecule has 0 saturated heterocycles. The van der Waals surface area contributed by atoms with Crippen LogP contribution in [0.5, 0.6) is 0 Å². The molecular formula is C24H31BrClN3O4S. The van der Waals surface area contributed by atoms with Crippen LogP contribution in [0, 0.1) is 6.92 Å². The van der Waals surface area contributed by atoms with E-state index >= 15 is 0 Å². The standard InChI is InChI=1S/C24H31BrClN3O4S/c1-5-6-13-27-24(31)18(3)28(15-19-7-9-20(25)10-8-19)23(30)16-29(34(4,32)33)22-12-11-21(26)14-17(22)2/h7-12,14,18H,5-6,13,15-16H2,1-4H3,(H,27,31)/t18-/m0/s1. The highest BCUT2D eigenvalue weighted by Crippen LogP contribution is 2.26. The van der Waals surface area contributed by atoms with Crippen LogP contribution in [0.1, 0.15) is 37.8 Å². The molecule has 186 valence electrons. The number of unbranched alkanes of at least 4 members (excludes halogenated alkanes) is 1. The Labute approximate surface area is 215 Å². The zero-order chi connectivity index (χ0) is 25.5. The molecule has 1 atom stereocenters. The summed E-state index contributed by atoms with van der Waals surface area (Å²) in [6.45, 7) is 5.64. The minimum atomic E-state index is -3.79. The van der Waals surface area contributed by atoms with Crippen LogP contribution in [0.15, 0.2) is 46.9 Å². The average Bonchev–Trinajstić information content (AvgIpc) is 2.76. The number of amides is 2. The number of sulfonamides is 1. The summed E-state index contributed by atoms with van der Waals surface area (Å²) >= 11 is 9.42. The van der Waals surface area contributed by atoms with Crippen LogP contribution in [-0.2, 0) is 26.2 Å². The molecule has 1 N–H and O–H groups in total. The van der Waals surface area contributed by atoms with Crippen LogP contribution >= 0.6 is 27.5 Å². The van der Waals surface area contributed by atoms with Crippen molar-refractivity contribution in [2.75, 3.05) is 23.7 Å². The number of nitrogens with zero attached hydrogens (tertiary/aromatic N) is 2. The summed E-state index contributed by atoms with van der Waals surface area (Å²) in [5.41, 5.74) is 1.80. The van der Waals surface area contributed by atoms with Gasteiger partial charge in [-0.2, -0.15) is 0 Å². The summed E-state index contributed by atoms with van der Waals surface area (Å²) in [6.07, 6.45) is 2.81. The van der Waals surface area contributed by atoms with Crippen LogP contribution in [0.3, 0.4) is 0 Å². The van der Waals surface area contributed by atoms with Gasteiger partial charge in [0.15, 0.2) is 0 Å². The van der Waals surface area contributed by atoms with Gasteiger partial charge in [0.2, 0.25) is 21.8 Å². The zero-order valence-electron chi connectivity index (χ0n) is 19.8. The average molecular weight is 573 g/mol. The van der Waals surface area contributed by atoms with E-state index in [-0.39, 0.29) is 12.5 Å². The van der Waals surface area contributed by atoms with E-state index in [9.17, 15) is 18.0 Å². The number of hydrogen-bond acceptors (Lipinski definition) is 4. The Balaban J connectivity index is 2.37. The Morgan fingerprint density at radius 3 is 2.35 bits per heavy atom. The number of carbonyl (C=O) groups is 2. The van der Waals surface area contributed by atoms with Gasteiger partial charge in [0, 0.05) is 22.6 Å². The maximum absolute atomic E-state index is 13.5. The van der Waals surface area contributed by atoms with E-state index < -0.39 is 28.5 Å². The summed E-state index contributed by atoms with van der Waals surface area (Å²) in [4.78, 5) is 27.7. The highest BCUT2D eigenvalue weighted by atomic mass is 79.9. The monoisotopic (exact) mass is 571 g/mol. The summed E-state index contributed by atoms with van der Waals surface area (Å²) in [5, 5.41) is 3.33. The molecule has 0 aliphatic carbocycles. The highest BCUT2D eigenvalue weighted by molar-refractivity contribution is 9.10. The lowest BCUT2D eigenvalue weighted by molar-refractivity contribution is -0.139. The van der Waals surface area contributed by atoms with Gasteiger partial charge in [-0.1, -0.05) is 53.0 Å². The third-order valence-corrected chi connectivity index (χ3v) is 7.26. The number of aryl methyl sites for hydroxylation is 1. The van der Waals surface area contributed by atoms with E-state index in [1.807, 2.05) is 31.2 Å². The molecule has 0 aliphatic rings. The molecule has 0 fully saturated rings. The van der Waals surface area contributed by atoms with E-state index in [0.717, 1.165) is 33.4 Å². The van der Waals surface area contributed by atoms with Crippen molar-refractivity contribution >= 4 is 55.1 Å². The Morgan fingerprint density at radius 2 is 1.79 bits per heavy atom. The maximum atomic E-state index is 13.5. The highest BCUT2D eigenvalue weighted by Gasteiger charge is 2.30. The second-order valence-electron chi connectivity index (χ2n) is 8.17. The lowest BCUT2D eigenvalue weighted by Crippen LogP contribution is -2.51. The fraction of sp³-hybridized carbons (Fsp3) is 0.417. The molecular weight excluding hydrogens is 542 g/mol. The first kappa shape index (κ1) is 28.1. The van der Waals surface area contributed by atoms with Crippen molar-refractivity contribution in [3.63, 3.8) is 0 Å². The number of hydrogen-bond donors (Lipinski definition) is 1. The van der Waals surface area contributed by atoms with Gasteiger partial charge in [-0.15, -0.1) is 0 Å². The molecule has 2 aromatic carbocycles. The summed E-state index contributed by atoms with van der Waals surface area (Å²) in [7, 11) is -3.79. The van der Waals surface area contributed by atoms with Crippen LogP contribution in [0.4, 0.5) is 5.69 Å². The predicted octanol–water partition coefficient (Wildman–Crippen LogP) is 4.51. The zero-order valence-corrected chi connectivity index (χ0v) is 23.0. The lowest BCUT2D eigenvalue weighted by atomic mass is 10.1. The molecule has 0 saturated carbocycles. The van der Waals surface area contributed by atoms with Crippen molar-refractivity contribution in [3.8, 4) is 0 Å². The molecule has 0 heterocycles.